The topological polar surface area (TPSA) is 43.4 Å². The summed E-state index contributed by atoms with van der Waals surface area (Å²) in [6, 6.07) is 7.58. The molecule has 2 aromatic rings. The van der Waals surface area contributed by atoms with Crippen LogP contribution < -0.4 is 14.8 Å². The summed E-state index contributed by atoms with van der Waals surface area (Å²) in [5.74, 6) is 1.54. The van der Waals surface area contributed by atoms with Crippen molar-refractivity contribution in [3.8, 4) is 11.5 Å². The van der Waals surface area contributed by atoms with Crippen LogP contribution >= 0.6 is 27.5 Å². The molecular weight excluding hydrogens is 344 g/mol. The van der Waals surface area contributed by atoms with Gasteiger partial charge in [0, 0.05) is 11.0 Å². The number of aromatic nitrogens is 1. The highest BCUT2D eigenvalue weighted by Crippen LogP contribution is 2.37. The minimum absolute atomic E-state index is 0.277. The van der Waals surface area contributed by atoms with Gasteiger partial charge in [-0.15, -0.1) is 0 Å². The van der Waals surface area contributed by atoms with Crippen molar-refractivity contribution in [1.82, 2.24) is 4.98 Å². The van der Waals surface area contributed by atoms with E-state index < -0.39 is 0 Å². The summed E-state index contributed by atoms with van der Waals surface area (Å²) in [7, 11) is 0. The van der Waals surface area contributed by atoms with E-state index in [1.54, 1.807) is 6.07 Å². The molecule has 0 spiro atoms. The zero-order chi connectivity index (χ0) is 14.1. The minimum atomic E-state index is 0.277. The predicted molar refractivity (Wildman–Crippen MR) is 81.6 cm³/mol. The van der Waals surface area contributed by atoms with E-state index in [0.717, 1.165) is 32.9 Å². The molecule has 0 saturated carbocycles. The average Bonchev–Trinajstić information content (AvgIpc) is 2.84. The van der Waals surface area contributed by atoms with Crippen molar-refractivity contribution in [3.63, 3.8) is 0 Å². The first kappa shape index (κ1) is 13.5. The van der Waals surface area contributed by atoms with Crippen LogP contribution in [0.3, 0.4) is 0 Å². The number of fused-ring (bicyclic) bond motifs is 1. The highest BCUT2D eigenvalue weighted by Gasteiger charge is 2.16. The molecule has 1 aliphatic rings. The number of nitrogens with one attached hydrogen (secondary N) is 1. The summed E-state index contributed by atoms with van der Waals surface area (Å²) in [5.41, 5.74) is 2.91. The Morgan fingerprint density at radius 2 is 2.05 bits per heavy atom. The van der Waals surface area contributed by atoms with Crippen LogP contribution in [0.5, 0.6) is 11.5 Å². The molecule has 3 rings (SSSR count). The Kier molecular flexibility index (Phi) is 3.72. The first-order valence-electron chi connectivity index (χ1n) is 6.08. The molecule has 104 valence electrons. The Morgan fingerprint density at radius 1 is 1.30 bits per heavy atom. The molecule has 0 radical (unpaired) electrons. The lowest BCUT2D eigenvalue weighted by Gasteiger charge is -2.11. The summed E-state index contributed by atoms with van der Waals surface area (Å²) >= 11 is 9.39. The molecule has 0 bridgehead atoms. The van der Waals surface area contributed by atoms with Crippen molar-refractivity contribution < 1.29 is 9.47 Å². The van der Waals surface area contributed by atoms with Crippen LogP contribution in [0.15, 0.2) is 28.7 Å². The number of hydrogen-bond acceptors (Lipinski definition) is 4. The SMILES string of the molecule is Cc1nc(Cl)ccc1NCc1cc2c(cc1Br)OCO2. The maximum Gasteiger partial charge on any atom is 0.231 e. The zero-order valence-electron chi connectivity index (χ0n) is 10.7. The fraction of sp³-hybridized carbons (Fsp3) is 0.214. The molecule has 2 heterocycles. The smallest absolute Gasteiger partial charge is 0.231 e. The minimum Gasteiger partial charge on any atom is -0.454 e. The lowest BCUT2D eigenvalue weighted by molar-refractivity contribution is 0.174. The first-order valence-corrected chi connectivity index (χ1v) is 7.25. The van der Waals surface area contributed by atoms with E-state index in [1.807, 2.05) is 25.1 Å². The van der Waals surface area contributed by atoms with Crippen molar-refractivity contribution in [1.29, 1.82) is 0 Å². The quantitative estimate of drug-likeness (QED) is 0.840. The third-order valence-corrected chi connectivity index (χ3v) is 4.01. The van der Waals surface area contributed by atoms with Crippen molar-refractivity contribution in [2.75, 3.05) is 12.1 Å². The molecule has 4 nitrogen and oxygen atoms in total. The van der Waals surface area contributed by atoms with Gasteiger partial charge >= 0.3 is 0 Å². The van der Waals surface area contributed by atoms with Crippen LogP contribution in [-0.4, -0.2) is 11.8 Å². The van der Waals surface area contributed by atoms with Crippen LogP contribution in [0.1, 0.15) is 11.3 Å². The second-order valence-electron chi connectivity index (χ2n) is 4.42. The van der Waals surface area contributed by atoms with Gasteiger partial charge in [0.05, 0.1) is 11.4 Å². The fourth-order valence-corrected chi connectivity index (χ4v) is 2.65. The number of ether oxygens (including phenoxy) is 2. The van der Waals surface area contributed by atoms with Crippen LogP contribution in [0, 0.1) is 6.92 Å². The lowest BCUT2D eigenvalue weighted by Crippen LogP contribution is -2.03. The molecule has 1 aromatic heterocycles. The van der Waals surface area contributed by atoms with E-state index in [9.17, 15) is 0 Å². The average molecular weight is 356 g/mol. The summed E-state index contributed by atoms with van der Waals surface area (Å²) in [4.78, 5) is 4.21. The van der Waals surface area contributed by atoms with Crippen LogP contribution in [-0.2, 0) is 6.54 Å². The van der Waals surface area contributed by atoms with Gasteiger partial charge in [-0.3, -0.25) is 0 Å². The Labute approximate surface area is 130 Å². The van der Waals surface area contributed by atoms with Gasteiger partial charge in [0.25, 0.3) is 0 Å². The molecule has 0 unspecified atom stereocenters. The second kappa shape index (κ2) is 5.50. The monoisotopic (exact) mass is 354 g/mol. The number of halogens is 2. The number of hydrogen-bond donors (Lipinski definition) is 1. The molecule has 0 aliphatic carbocycles. The second-order valence-corrected chi connectivity index (χ2v) is 5.66. The number of aryl methyl sites for hydroxylation is 1. The van der Waals surface area contributed by atoms with Crippen LogP contribution in [0.25, 0.3) is 0 Å². The van der Waals surface area contributed by atoms with Crippen molar-refractivity contribution in [2.45, 2.75) is 13.5 Å². The van der Waals surface area contributed by atoms with Gasteiger partial charge in [-0.1, -0.05) is 27.5 Å². The normalized spacial score (nSPS) is 12.6. The van der Waals surface area contributed by atoms with Gasteiger partial charge in [0.15, 0.2) is 11.5 Å². The van der Waals surface area contributed by atoms with E-state index in [2.05, 4.69) is 26.2 Å². The molecule has 0 amide bonds. The Morgan fingerprint density at radius 3 is 2.80 bits per heavy atom. The van der Waals surface area contributed by atoms with Gasteiger partial charge in [-0.2, -0.15) is 0 Å². The molecule has 0 saturated heterocycles. The third-order valence-electron chi connectivity index (χ3n) is 3.06. The zero-order valence-corrected chi connectivity index (χ0v) is 13.1. The van der Waals surface area contributed by atoms with Gasteiger partial charge in [0.1, 0.15) is 5.15 Å². The van der Waals surface area contributed by atoms with Gasteiger partial charge in [0.2, 0.25) is 6.79 Å². The largest absolute Gasteiger partial charge is 0.454 e. The molecule has 1 aliphatic heterocycles. The molecule has 1 aromatic carbocycles. The summed E-state index contributed by atoms with van der Waals surface area (Å²) in [6.07, 6.45) is 0. The molecular formula is C14H12BrClN2O2. The number of anilines is 1. The van der Waals surface area contributed by atoms with Gasteiger partial charge in [-0.25, -0.2) is 4.98 Å². The highest BCUT2D eigenvalue weighted by molar-refractivity contribution is 9.10. The number of nitrogens with zero attached hydrogens (tertiary/aromatic N) is 1. The van der Waals surface area contributed by atoms with E-state index in [-0.39, 0.29) is 6.79 Å². The number of pyridine rings is 1. The molecule has 20 heavy (non-hydrogen) atoms. The summed E-state index contributed by atoms with van der Waals surface area (Å²) in [6.45, 7) is 2.85. The van der Waals surface area contributed by atoms with Gasteiger partial charge in [-0.05, 0) is 36.8 Å². The predicted octanol–water partition coefficient (Wildman–Crippen LogP) is 4.15. The Bertz CT molecular complexity index is 664. The lowest BCUT2D eigenvalue weighted by atomic mass is 10.2. The summed E-state index contributed by atoms with van der Waals surface area (Å²) in [5, 5.41) is 3.84. The van der Waals surface area contributed by atoms with Crippen molar-refractivity contribution >= 4 is 33.2 Å². The molecule has 6 heteroatoms. The van der Waals surface area contributed by atoms with Crippen molar-refractivity contribution in [3.05, 3.63) is 45.1 Å². The fourth-order valence-electron chi connectivity index (χ4n) is 2.00. The number of benzene rings is 1. The first-order chi connectivity index (χ1) is 9.63. The maximum absolute atomic E-state index is 5.85. The molecule has 1 N–H and O–H groups in total. The van der Waals surface area contributed by atoms with Crippen molar-refractivity contribution in [2.24, 2.45) is 0 Å². The Balaban J connectivity index is 1.78. The van der Waals surface area contributed by atoms with Crippen LogP contribution in [0.2, 0.25) is 5.15 Å². The van der Waals surface area contributed by atoms with Gasteiger partial charge < -0.3 is 14.8 Å². The third kappa shape index (κ3) is 2.69. The molecule has 0 fully saturated rings. The van der Waals surface area contributed by atoms with E-state index in [4.69, 9.17) is 21.1 Å². The van der Waals surface area contributed by atoms with E-state index in [0.29, 0.717) is 11.7 Å². The van der Waals surface area contributed by atoms with E-state index >= 15 is 0 Å². The molecule has 0 atom stereocenters. The standard InChI is InChI=1S/C14H12BrClN2O2/c1-8-11(2-3-14(16)18-8)17-6-9-4-12-13(5-10(9)15)20-7-19-12/h2-5,17H,6-7H2,1H3. The van der Waals surface area contributed by atoms with E-state index in [1.165, 1.54) is 0 Å². The van der Waals surface area contributed by atoms with Crippen LogP contribution in [0.4, 0.5) is 5.69 Å². The maximum atomic E-state index is 5.85. The highest BCUT2D eigenvalue weighted by atomic mass is 79.9. The number of rotatable bonds is 3. The Hall–Kier alpha value is -1.46. The summed E-state index contributed by atoms with van der Waals surface area (Å²) < 4.78 is 11.7.